The quantitative estimate of drug-likeness (QED) is 0.695. The zero-order chi connectivity index (χ0) is 19.1. The Balaban J connectivity index is 1.88. The molecule has 1 aliphatic rings. The van der Waals surface area contributed by atoms with E-state index in [1.54, 1.807) is 19.1 Å². The van der Waals surface area contributed by atoms with Gasteiger partial charge in [-0.05, 0) is 31.5 Å². The molecular formula is C19H15N3O4S. The molecule has 0 saturated heterocycles. The van der Waals surface area contributed by atoms with Crippen molar-refractivity contribution >= 4 is 28.2 Å². The van der Waals surface area contributed by atoms with Gasteiger partial charge in [0, 0.05) is 0 Å². The second-order valence-corrected chi connectivity index (χ2v) is 7.03. The predicted molar refractivity (Wildman–Crippen MR) is 98.7 cm³/mol. The largest absolute Gasteiger partial charge is 0.503 e. The molecule has 1 amide bonds. The lowest BCUT2D eigenvalue weighted by Gasteiger charge is -2.24. The molecule has 1 aliphatic heterocycles. The third-order valence-electron chi connectivity index (χ3n) is 4.33. The minimum atomic E-state index is -0.816. The lowest BCUT2D eigenvalue weighted by molar-refractivity contribution is -0.117. The summed E-state index contributed by atoms with van der Waals surface area (Å²) < 4.78 is 5.43. The van der Waals surface area contributed by atoms with Crippen molar-refractivity contribution in [2.75, 3.05) is 4.90 Å². The summed E-state index contributed by atoms with van der Waals surface area (Å²) in [5, 5.41) is 18.6. The van der Waals surface area contributed by atoms with E-state index in [4.69, 9.17) is 4.42 Å². The van der Waals surface area contributed by atoms with Crippen LogP contribution in [0.1, 0.15) is 33.5 Å². The van der Waals surface area contributed by atoms with Crippen LogP contribution < -0.4 is 4.90 Å². The van der Waals surface area contributed by atoms with Crippen LogP contribution in [-0.4, -0.2) is 27.0 Å². The molecule has 1 N–H and O–H groups in total. The summed E-state index contributed by atoms with van der Waals surface area (Å²) in [7, 11) is 0. The number of Topliss-reactive ketones (excluding diaryl/α,β-unsaturated/α-hetero) is 1. The molecule has 7 nitrogen and oxygen atoms in total. The maximum absolute atomic E-state index is 13.1. The summed E-state index contributed by atoms with van der Waals surface area (Å²) in [5.74, 6) is -1.19. The van der Waals surface area contributed by atoms with Crippen molar-refractivity contribution in [3.63, 3.8) is 0 Å². The number of hydrogen-bond donors (Lipinski definition) is 1. The topological polar surface area (TPSA) is 96.5 Å². The normalized spacial score (nSPS) is 17.0. The highest BCUT2D eigenvalue weighted by Crippen LogP contribution is 2.42. The summed E-state index contributed by atoms with van der Waals surface area (Å²) in [5.41, 5.74) is 3.11. The minimum absolute atomic E-state index is 0.0323. The fraction of sp³-hybridized carbons (Fsp3) is 0.158. The van der Waals surface area contributed by atoms with Gasteiger partial charge in [0.25, 0.3) is 5.91 Å². The fourth-order valence-electron chi connectivity index (χ4n) is 3.15. The lowest BCUT2D eigenvalue weighted by Crippen LogP contribution is -2.31. The summed E-state index contributed by atoms with van der Waals surface area (Å²) in [6, 6.07) is 9.79. The molecule has 27 heavy (non-hydrogen) atoms. The summed E-state index contributed by atoms with van der Waals surface area (Å²) in [4.78, 5) is 27.2. The molecule has 3 aromatic rings. The zero-order valence-corrected chi connectivity index (χ0v) is 15.4. The molecule has 1 unspecified atom stereocenters. The molecule has 1 atom stereocenters. The number of hydrogen-bond acceptors (Lipinski definition) is 7. The van der Waals surface area contributed by atoms with Gasteiger partial charge in [0.2, 0.25) is 10.9 Å². The number of carbonyl (C=O) groups excluding carboxylic acids is 2. The second-order valence-electron chi connectivity index (χ2n) is 6.21. The van der Waals surface area contributed by atoms with Crippen LogP contribution in [0, 0.1) is 13.8 Å². The zero-order valence-electron chi connectivity index (χ0n) is 14.5. The molecule has 0 bridgehead atoms. The average Bonchev–Trinajstić information content (AvgIpc) is 3.36. The number of furan rings is 1. The monoisotopic (exact) mass is 381 g/mol. The molecule has 2 aromatic heterocycles. The van der Waals surface area contributed by atoms with Crippen molar-refractivity contribution in [2.45, 2.75) is 19.9 Å². The number of benzene rings is 1. The lowest BCUT2D eigenvalue weighted by atomic mass is 9.94. The minimum Gasteiger partial charge on any atom is -0.503 e. The Morgan fingerprint density at radius 2 is 2.07 bits per heavy atom. The van der Waals surface area contributed by atoms with Crippen molar-refractivity contribution in [2.24, 2.45) is 0 Å². The van der Waals surface area contributed by atoms with Gasteiger partial charge in [-0.2, -0.15) is 0 Å². The van der Waals surface area contributed by atoms with Crippen LogP contribution in [-0.2, 0) is 4.79 Å². The van der Waals surface area contributed by atoms with E-state index in [0.717, 1.165) is 16.9 Å². The van der Waals surface area contributed by atoms with E-state index in [-0.39, 0.29) is 11.3 Å². The first-order valence-electron chi connectivity index (χ1n) is 8.18. The Labute approximate surface area is 158 Å². The SMILES string of the molecule is Cc1cccc(C2C(C(=O)c3ccc(C)o3)=C(O)C(=O)N2c2nncs2)c1. The van der Waals surface area contributed by atoms with E-state index >= 15 is 0 Å². The van der Waals surface area contributed by atoms with E-state index in [9.17, 15) is 14.7 Å². The molecule has 0 spiro atoms. The number of aliphatic hydroxyl groups excluding tert-OH is 1. The number of carbonyl (C=O) groups is 2. The van der Waals surface area contributed by atoms with E-state index in [0.29, 0.717) is 16.5 Å². The highest BCUT2D eigenvalue weighted by Gasteiger charge is 2.46. The predicted octanol–water partition coefficient (Wildman–Crippen LogP) is 3.53. The van der Waals surface area contributed by atoms with Crippen molar-refractivity contribution in [3.8, 4) is 0 Å². The van der Waals surface area contributed by atoms with Gasteiger partial charge < -0.3 is 9.52 Å². The number of ketones is 1. The third-order valence-corrected chi connectivity index (χ3v) is 5.02. The Kier molecular flexibility index (Phi) is 4.12. The molecule has 1 aromatic carbocycles. The Morgan fingerprint density at radius 1 is 1.26 bits per heavy atom. The van der Waals surface area contributed by atoms with Gasteiger partial charge in [-0.3, -0.25) is 14.5 Å². The molecule has 0 radical (unpaired) electrons. The van der Waals surface area contributed by atoms with Gasteiger partial charge in [0.15, 0.2) is 11.5 Å². The van der Waals surface area contributed by atoms with Crippen LogP contribution in [0.4, 0.5) is 5.13 Å². The average molecular weight is 381 g/mol. The molecule has 0 saturated carbocycles. The van der Waals surface area contributed by atoms with Crippen LogP contribution in [0.25, 0.3) is 0 Å². The Hall–Kier alpha value is -3.26. The molecule has 4 rings (SSSR count). The van der Waals surface area contributed by atoms with Crippen LogP contribution in [0.2, 0.25) is 0 Å². The second kappa shape index (κ2) is 6.48. The van der Waals surface area contributed by atoms with Gasteiger partial charge >= 0.3 is 0 Å². The van der Waals surface area contributed by atoms with Crippen molar-refractivity contribution < 1.29 is 19.1 Å². The summed E-state index contributed by atoms with van der Waals surface area (Å²) >= 11 is 1.15. The van der Waals surface area contributed by atoms with E-state index < -0.39 is 23.5 Å². The number of rotatable bonds is 4. The molecule has 3 heterocycles. The van der Waals surface area contributed by atoms with Crippen LogP contribution >= 0.6 is 11.3 Å². The third kappa shape index (κ3) is 2.83. The van der Waals surface area contributed by atoms with Gasteiger partial charge in [-0.15, -0.1) is 10.2 Å². The van der Waals surface area contributed by atoms with Crippen LogP contribution in [0.5, 0.6) is 0 Å². The number of aryl methyl sites for hydroxylation is 2. The standard InChI is InChI=1S/C19H15N3O4S/c1-10-4-3-5-12(8-10)15-14(16(23)13-7-6-11(2)26-13)17(24)18(25)22(15)19-21-20-9-27-19/h3-9,15,24H,1-2H3. The van der Waals surface area contributed by atoms with Crippen molar-refractivity contribution in [3.05, 3.63) is 75.9 Å². The van der Waals surface area contributed by atoms with Gasteiger partial charge in [-0.1, -0.05) is 41.2 Å². The molecule has 8 heteroatoms. The molecule has 0 aliphatic carbocycles. The van der Waals surface area contributed by atoms with Crippen molar-refractivity contribution in [1.29, 1.82) is 0 Å². The Morgan fingerprint density at radius 3 is 2.70 bits per heavy atom. The van der Waals surface area contributed by atoms with Gasteiger partial charge in [0.05, 0.1) is 11.6 Å². The number of amides is 1. The summed E-state index contributed by atoms with van der Waals surface area (Å²) in [6.07, 6.45) is 0. The summed E-state index contributed by atoms with van der Waals surface area (Å²) in [6.45, 7) is 3.63. The maximum Gasteiger partial charge on any atom is 0.296 e. The van der Waals surface area contributed by atoms with Gasteiger partial charge in [-0.25, -0.2) is 0 Å². The maximum atomic E-state index is 13.1. The highest BCUT2D eigenvalue weighted by molar-refractivity contribution is 7.13. The molecule has 136 valence electrons. The first-order valence-corrected chi connectivity index (χ1v) is 9.06. The van der Waals surface area contributed by atoms with Crippen LogP contribution in [0.3, 0.4) is 0 Å². The number of anilines is 1. The van der Waals surface area contributed by atoms with Crippen molar-refractivity contribution in [1.82, 2.24) is 10.2 Å². The number of aromatic nitrogens is 2. The van der Waals surface area contributed by atoms with E-state index in [1.165, 1.54) is 16.5 Å². The first-order chi connectivity index (χ1) is 13.0. The highest BCUT2D eigenvalue weighted by atomic mass is 32.1. The molecule has 0 fully saturated rings. The Bertz CT molecular complexity index is 1070. The number of aliphatic hydroxyl groups is 1. The first kappa shape index (κ1) is 17.2. The molecular weight excluding hydrogens is 366 g/mol. The van der Waals surface area contributed by atoms with Gasteiger partial charge in [0.1, 0.15) is 11.3 Å². The smallest absolute Gasteiger partial charge is 0.296 e. The van der Waals surface area contributed by atoms with E-state index in [1.807, 2.05) is 25.1 Å². The number of nitrogens with zero attached hydrogens (tertiary/aromatic N) is 3. The fourth-order valence-corrected chi connectivity index (χ4v) is 3.74. The van der Waals surface area contributed by atoms with Crippen LogP contribution in [0.15, 0.2) is 57.7 Å². The van der Waals surface area contributed by atoms with E-state index in [2.05, 4.69) is 10.2 Å².